The smallest absolute Gasteiger partial charge is 0.0226 e. The number of thioether (sulfide) groups is 1. The third-order valence-corrected chi connectivity index (χ3v) is 4.05. The molecule has 104 valence electrons. The van der Waals surface area contributed by atoms with Gasteiger partial charge in [-0.3, -0.25) is 0 Å². The predicted molar refractivity (Wildman–Crippen MR) is 91.9 cm³/mol. The van der Waals surface area contributed by atoms with Crippen molar-refractivity contribution in [2.24, 2.45) is 0 Å². The second kappa shape index (κ2) is 6.81. The van der Waals surface area contributed by atoms with Gasteiger partial charge in [-0.05, 0) is 33.6 Å². The first-order valence-corrected chi connectivity index (χ1v) is 8.03. The Morgan fingerprint density at radius 1 is 0.900 bits per heavy atom. The molecule has 0 N–H and O–H groups in total. The van der Waals surface area contributed by atoms with Crippen molar-refractivity contribution in [2.45, 2.75) is 31.9 Å². The molecule has 0 heterocycles. The third-order valence-electron chi connectivity index (χ3n) is 3.23. The van der Waals surface area contributed by atoms with Crippen LogP contribution in [0.3, 0.4) is 0 Å². The molecule has 0 bridgehead atoms. The molecule has 0 radical (unpaired) electrons. The van der Waals surface area contributed by atoms with Gasteiger partial charge in [0.1, 0.15) is 0 Å². The van der Waals surface area contributed by atoms with Gasteiger partial charge in [-0.1, -0.05) is 75.4 Å². The van der Waals surface area contributed by atoms with E-state index in [-0.39, 0.29) is 5.41 Å². The topological polar surface area (TPSA) is 0 Å². The molecule has 0 amide bonds. The fraction of sp³-hybridized carbons (Fsp3) is 0.263. The summed E-state index contributed by atoms with van der Waals surface area (Å²) in [4.78, 5) is 0. The van der Waals surface area contributed by atoms with Crippen LogP contribution in [0.5, 0.6) is 0 Å². The molecule has 0 saturated heterocycles. The summed E-state index contributed by atoms with van der Waals surface area (Å²) in [5.41, 5.74) is 4.26. The normalized spacial score (nSPS) is 11.9. The van der Waals surface area contributed by atoms with E-state index in [9.17, 15) is 0 Å². The quantitative estimate of drug-likeness (QED) is 0.674. The maximum atomic E-state index is 2.25. The lowest BCUT2D eigenvalue weighted by Gasteiger charge is -2.19. The van der Waals surface area contributed by atoms with Crippen LogP contribution in [0.1, 0.15) is 37.5 Å². The van der Waals surface area contributed by atoms with E-state index in [1.807, 2.05) is 17.8 Å². The van der Waals surface area contributed by atoms with Gasteiger partial charge in [0.25, 0.3) is 0 Å². The molecule has 0 aliphatic rings. The number of hydrogen-bond acceptors (Lipinski definition) is 1. The van der Waals surface area contributed by atoms with E-state index in [1.165, 1.54) is 16.7 Å². The van der Waals surface area contributed by atoms with Crippen molar-refractivity contribution in [3.05, 3.63) is 76.7 Å². The van der Waals surface area contributed by atoms with Crippen LogP contribution in [0, 0.1) is 0 Å². The Bertz CT molecular complexity index is 545. The minimum atomic E-state index is 0.235. The predicted octanol–water partition coefficient (Wildman–Crippen LogP) is 5.89. The van der Waals surface area contributed by atoms with Gasteiger partial charge in [-0.2, -0.15) is 0 Å². The summed E-state index contributed by atoms with van der Waals surface area (Å²) < 4.78 is 0. The molecule has 0 unspecified atom stereocenters. The SMILES string of the molecule is CC(C)(C)c1ccc(CS/C=C\c2ccccc2)cc1. The Hall–Kier alpha value is -1.47. The van der Waals surface area contributed by atoms with Crippen molar-refractivity contribution in [2.75, 3.05) is 0 Å². The summed E-state index contributed by atoms with van der Waals surface area (Å²) in [7, 11) is 0. The molecule has 20 heavy (non-hydrogen) atoms. The zero-order chi connectivity index (χ0) is 14.4. The van der Waals surface area contributed by atoms with Crippen molar-refractivity contribution < 1.29 is 0 Å². The Labute approximate surface area is 126 Å². The lowest BCUT2D eigenvalue weighted by atomic mass is 9.87. The molecule has 0 fully saturated rings. The molecule has 0 spiro atoms. The van der Waals surface area contributed by atoms with Gasteiger partial charge in [-0.15, -0.1) is 11.8 Å². The van der Waals surface area contributed by atoms with E-state index >= 15 is 0 Å². The Kier molecular flexibility index (Phi) is 5.08. The second-order valence-corrected chi connectivity index (χ2v) is 6.87. The van der Waals surface area contributed by atoms with Crippen LogP contribution < -0.4 is 0 Å². The van der Waals surface area contributed by atoms with Crippen molar-refractivity contribution >= 4 is 17.8 Å². The van der Waals surface area contributed by atoms with E-state index < -0.39 is 0 Å². The highest BCUT2D eigenvalue weighted by Crippen LogP contribution is 2.23. The fourth-order valence-corrected chi connectivity index (χ4v) is 2.67. The molecule has 2 aromatic rings. The first-order valence-electron chi connectivity index (χ1n) is 6.98. The zero-order valence-electron chi connectivity index (χ0n) is 12.5. The molecule has 0 aliphatic carbocycles. The van der Waals surface area contributed by atoms with Crippen molar-refractivity contribution in [3.63, 3.8) is 0 Å². The molecule has 0 atom stereocenters. The van der Waals surface area contributed by atoms with Crippen LogP contribution in [0.15, 0.2) is 60.0 Å². The number of hydrogen-bond donors (Lipinski definition) is 0. The number of benzene rings is 2. The van der Waals surface area contributed by atoms with Crippen LogP contribution in [0.25, 0.3) is 6.08 Å². The Morgan fingerprint density at radius 2 is 1.55 bits per heavy atom. The Morgan fingerprint density at radius 3 is 2.15 bits per heavy atom. The summed E-state index contributed by atoms with van der Waals surface area (Å²) in [5.74, 6) is 1.02. The largest absolute Gasteiger partial charge is 0.129 e. The molecule has 0 nitrogen and oxygen atoms in total. The fourth-order valence-electron chi connectivity index (χ4n) is 1.94. The molecule has 0 aromatic heterocycles. The van der Waals surface area contributed by atoms with Crippen molar-refractivity contribution in [1.82, 2.24) is 0 Å². The van der Waals surface area contributed by atoms with Crippen LogP contribution in [-0.2, 0) is 11.2 Å². The van der Waals surface area contributed by atoms with Crippen LogP contribution >= 0.6 is 11.8 Å². The van der Waals surface area contributed by atoms with Crippen LogP contribution in [-0.4, -0.2) is 0 Å². The van der Waals surface area contributed by atoms with Gasteiger partial charge in [0.15, 0.2) is 0 Å². The monoisotopic (exact) mass is 282 g/mol. The van der Waals surface area contributed by atoms with E-state index in [4.69, 9.17) is 0 Å². The molecule has 0 aliphatic heterocycles. The summed E-state index contributed by atoms with van der Waals surface area (Å²) >= 11 is 1.83. The molecule has 2 rings (SSSR count). The van der Waals surface area contributed by atoms with Gasteiger partial charge in [0, 0.05) is 5.75 Å². The minimum absolute atomic E-state index is 0.235. The summed E-state index contributed by atoms with van der Waals surface area (Å²) in [5, 5.41) is 2.17. The molecular formula is C19H22S. The lowest BCUT2D eigenvalue weighted by Crippen LogP contribution is -2.10. The first-order chi connectivity index (χ1) is 9.55. The summed E-state index contributed by atoms with van der Waals surface area (Å²) in [6.45, 7) is 6.75. The van der Waals surface area contributed by atoms with E-state index in [1.54, 1.807) is 0 Å². The highest BCUT2D eigenvalue weighted by Gasteiger charge is 2.12. The maximum Gasteiger partial charge on any atom is 0.0226 e. The average molecular weight is 282 g/mol. The van der Waals surface area contributed by atoms with Gasteiger partial charge < -0.3 is 0 Å². The van der Waals surface area contributed by atoms with Gasteiger partial charge in [0.05, 0.1) is 0 Å². The van der Waals surface area contributed by atoms with E-state index in [0.717, 1.165) is 5.75 Å². The number of rotatable bonds is 4. The molecule has 0 saturated carbocycles. The molecular weight excluding hydrogens is 260 g/mol. The maximum absolute atomic E-state index is 2.25. The average Bonchev–Trinajstić information content (AvgIpc) is 2.44. The van der Waals surface area contributed by atoms with Crippen LogP contribution in [0.4, 0.5) is 0 Å². The summed E-state index contributed by atoms with van der Waals surface area (Å²) in [6, 6.07) is 19.4. The minimum Gasteiger partial charge on any atom is -0.129 e. The van der Waals surface area contributed by atoms with Gasteiger partial charge >= 0.3 is 0 Å². The lowest BCUT2D eigenvalue weighted by molar-refractivity contribution is 0.590. The molecule has 1 heteroatoms. The third kappa shape index (κ3) is 4.57. The standard InChI is InChI=1S/C19H22S/c1-19(2,3)18-11-9-17(10-12-18)15-20-14-13-16-7-5-4-6-8-16/h4-14H,15H2,1-3H3/b14-13-. The highest BCUT2D eigenvalue weighted by molar-refractivity contribution is 8.01. The Balaban J connectivity index is 1.87. The van der Waals surface area contributed by atoms with Crippen molar-refractivity contribution in [1.29, 1.82) is 0 Å². The second-order valence-electron chi connectivity index (χ2n) is 5.97. The van der Waals surface area contributed by atoms with E-state index in [2.05, 4.69) is 80.8 Å². The molecule has 2 aromatic carbocycles. The van der Waals surface area contributed by atoms with E-state index in [0.29, 0.717) is 0 Å². The van der Waals surface area contributed by atoms with Crippen LogP contribution in [0.2, 0.25) is 0 Å². The highest BCUT2D eigenvalue weighted by atomic mass is 32.2. The zero-order valence-corrected chi connectivity index (χ0v) is 13.3. The summed E-state index contributed by atoms with van der Waals surface area (Å²) in [6.07, 6.45) is 2.16. The van der Waals surface area contributed by atoms with Gasteiger partial charge in [-0.25, -0.2) is 0 Å². The first kappa shape index (κ1) is 14.9. The van der Waals surface area contributed by atoms with Crippen molar-refractivity contribution in [3.8, 4) is 0 Å². The van der Waals surface area contributed by atoms with Gasteiger partial charge in [0.2, 0.25) is 0 Å².